The fourth-order valence-electron chi connectivity index (χ4n) is 4.56. The van der Waals surface area contributed by atoms with Gasteiger partial charge in [-0.05, 0) is 92.9 Å². The molecular formula is C28H31N5O. The number of carbonyl (C=O) groups is 1. The average molecular weight is 454 g/mol. The molecule has 0 spiro atoms. The van der Waals surface area contributed by atoms with Crippen LogP contribution in [0.4, 0.5) is 5.82 Å². The van der Waals surface area contributed by atoms with Crippen LogP contribution in [0.1, 0.15) is 48.7 Å². The molecule has 0 aliphatic carbocycles. The number of rotatable bonds is 6. The van der Waals surface area contributed by atoms with Crippen molar-refractivity contribution in [1.29, 1.82) is 0 Å². The molecule has 0 atom stereocenters. The number of amides is 1. The lowest BCUT2D eigenvalue weighted by atomic mass is 9.91. The van der Waals surface area contributed by atoms with Crippen molar-refractivity contribution >= 4 is 22.5 Å². The van der Waals surface area contributed by atoms with Gasteiger partial charge in [-0.15, -0.1) is 0 Å². The van der Waals surface area contributed by atoms with Gasteiger partial charge < -0.3 is 10.6 Å². The summed E-state index contributed by atoms with van der Waals surface area (Å²) in [5.41, 5.74) is 4.10. The Hall–Kier alpha value is -3.51. The molecule has 5 rings (SSSR count). The van der Waals surface area contributed by atoms with E-state index in [2.05, 4.69) is 71.1 Å². The molecule has 6 heteroatoms. The smallest absolute Gasteiger partial charge is 0.256 e. The Morgan fingerprint density at radius 1 is 1.03 bits per heavy atom. The van der Waals surface area contributed by atoms with E-state index >= 15 is 0 Å². The van der Waals surface area contributed by atoms with Gasteiger partial charge in [-0.1, -0.05) is 24.3 Å². The molecular weight excluding hydrogens is 422 g/mol. The van der Waals surface area contributed by atoms with Crippen molar-refractivity contribution in [2.24, 2.45) is 5.92 Å². The summed E-state index contributed by atoms with van der Waals surface area (Å²) in [5.74, 6) is 1.13. The van der Waals surface area contributed by atoms with E-state index in [1.165, 1.54) is 18.4 Å². The molecule has 2 aromatic heterocycles. The largest absolute Gasteiger partial charge is 0.317 e. The van der Waals surface area contributed by atoms with E-state index in [0.717, 1.165) is 47.3 Å². The highest BCUT2D eigenvalue weighted by atomic mass is 16.1. The zero-order valence-corrected chi connectivity index (χ0v) is 19.8. The van der Waals surface area contributed by atoms with Crippen molar-refractivity contribution in [3.8, 4) is 11.1 Å². The van der Waals surface area contributed by atoms with Gasteiger partial charge in [-0.3, -0.25) is 9.48 Å². The van der Waals surface area contributed by atoms with Crippen LogP contribution in [0, 0.1) is 5.92 Å². The minimum absolute atomic E-state index is 0.144. The van der Waals surface area contributed by atoms with Crippen LogP contribution in [0.25, 0.3) is 21.9 Å². The second kappa shape index (κ2) is 9.77. The molecule has 0 radical (unpaired) electrons. The fraction of sp³-hybridized carbons (Fsp3) is 0.321. The van der Waals surface area contributed by atoms with E-state index in [1.807, 2.05) is 29.1 Å². The summed E-state index contributed by atoms with van der Waals surface area (Å²) in [6.45, 7) is 6.43. The van der Waals surface area contributed by atoms with E-state index in [-0.39, 0.29) is 5.91 Å². The molecule has 34 heavy (non-hydrogen) atoms. The first-order chi connectivity index (χ1) is 16.5. The van der Waals surface area contributed by atoms with Gasteiger partial charge in [0.25, 0.3) is 5.91 Å². The minimum Gasteiger partial charge on any atom is -0.317 e. The predicted molar refractivity (Wildman–Crippen MR) is 137 cm³/mol. The van der Waals surface area contributed by atoms with E-state index in [4.69, 9.17) is 0 Å². The lowest BCUT2D eigenvalue weighted by Crippen LogP contribution is -2.28. The van der Waals surface area contributed by atoms with Gasteiger partial charge in [0, 0.05) is 34.9 Å². The topological polar surface area (TPSA) is 71.8 Å². The van der Waals surface area contributed by atoms with Crippen LogP contribution < -0.4 is 10.6 Å². The van der Waals surface area contributed by atoms with Gasteiger partial charge in [0.15, 0.2) is 0 Å². The maximum atomic E-state index is 12.8. The Morgan fingerprint density at radius 2 is 1.82 bits per heavy atom. The molecule has 1 aliphatic heterocycles. The van der Waals surface area contributed by atoms with Crippen LogP contribution in [-0.2, 0) is 6.42 Å². The Bertz CT molecular complexity index is 1290. The van der Waals surface area contributed by atoms with Crippen LogP contribution >= 0.6 is 0 Å². The Balaban J connectivity index is 1.29. The number of pyridine rings is 1. The van der Waals surface area contributed by atoms with Crippen LogP contribution in [0.3, 0.4) is 0 Å². The Labute approximate surface area is 200 Å². The third-order valence-corrected chi connectivity index (χ3v) is 6.63. The molecule has 1 fully saturated rings. The molecule has 0 saturated carbocycles. The summed E-state index contributed by atoms with van der Waals surface area (Å²) in [4.78, 5) is 17.3. The normalized spacial score (nSPS) is 14.6. The molecule has 1 saturated heterocycles. The number of carbonyl (C=O) groups excluding carboxylic acids is 1. The number of benzene rings is 2. The van der Waals surface area contributed by atoms with Crippen LogP contribution in [0.15, 0.2) is 67.1 Å². The van der Waals surface area contributed by atoms with Gasteiger partial charge in [0.2, 0.25) is 0 Å². The molecule has 1 amide bonds. The number of fused-ring (bicyclic) bond motifs is 1. The highest BCUT2D eigenvalue weighted by Gasteiger charge is 2.14. The quantitative estimate of drug-likeness (QED) is 0.406. The highest BCUT2D eigenvalue weighted by molar-refractivity contribution is 6.04. The third-order valence-electron chi connectivity index (χ3n) is 6.63. The fourth-order valence-corrected chi connectivity index (χ4v) is 4.56. The third kappa shape index (κ3) is 5.02. The molecule has 0 unspecified atom stereocenters. The Morgan fingerprint density at radius 3 is 2.56 bits per heavy atom. The first-order valence-corrected chi connectivity index (χ1v) is 12.1. The van der Waals surface area contributed by atoms with Gasteiger partial charge in [-0.25, -0.2) is 4.98 Å². The van der Waals surface area contributed by atoms with Crippen molar-refractivity contribution in [3.05, 3.63) is 78.2 Å². The van der Waals surface area contributed by atoms with E-state index < -0.39 is 0 Å². The summed E-state index contributed by atoms with van der Waals surface area (Å²) in [5, 5.41) is 12.9. The number of piperidine rings is 1. The molecule has 2 aromatic carbocycles. The van der Waals surface area contributed by atoms with Crippen LogP contribution in [0.2, 0.25) is 0 Å². The molecule has 174 valence electrons. The first-order valence-electron chi connectivity index (χ1n) is 12.1. The number of nitrogens with one attached hydrogen (secondary N) is 2. The summed E-state index contributed by atoms with van der Waals surface area (Å²) in [6, 6.07) is 16.5. The summed E-state index contributed by atoms with van der Waals surface area (Å²) in [6.07, 6.45) is 9.27. The van der Waals surface area contributed by atoms with Crippen LogP contribution in [-0.4, -0.2) is 33.8 Å². The number of nitrogens with zero attached hydrogens (tertiary/aromatic N) is 3. The van der Waals surface area contributed by atoms with Gasteiger partial charge in [-0.2, -0.15) is 5.10 Å². The highest BCUT2D eigenvalue weighted by Crippen LogP contribution is 2.26. The minimum atomic E-state index is -0.144. The number of aromatic nitrogens is 3. The van der Waals surface area contributed by atoms with E-state index in [9.17, 15) is 4.79 Å². The van der Waals surface area contributed by atoms with E-state index in [1.54, 1.807) is 6.20 Å². The second-order valence-electron chi connectivity index (χ2n) is 9.48. The number of hydrogen-bond donors (Lipinski definition) is 2. The van der Waals surface area contributed by atoms with Crippen molar-refractivity contribution < 1.29 is 4.79 Å². The summed E-state index contributed by atoms with van der Waals surface area (Å²) >= 11 is 0. The van der Waals surface area contributed by atoms with Gasteiger partial charge in [0.1, 0.15) is 5.82 Å². The SMILES string of the molecule is CC(C)n1cc(-c2ccc3cnc(NC(=O)c4ccc(CC5CCNCC5)cc4)cc3c2)cn1. The number of hydrogen-bond acceptors (Lipinski definition) is 4. The molecule has 2 N–H and O–H groups in total. The lowest BCUT2D eigenvalue weighted by molar-refractivity contribution is 0.102. The second-order valence-corrected chi connectivity index (χ2v) is 9.48. The van der Waals surface area contributed by atoms with Crippen molar-refractivity contribution in [2.45, 2.75) is 39.2 Å². The van der Waals surface area contributed by atoms with Crippen molar-refractivity contribution in [1.82, 2.24) is 20.1 Å². The maximum absolute atomic E-state index is 12.8. The summed E-state index contributed by atoms with van der Waals surface area (Å²) in [7, 11) is 0. The molecule has 1 aliphatic rings. The lowest BCUT2D eigenvalue weighted by Gasteiger charge is -2.22. The zero-order chi connectivity index (χ0) is 23.5. The standard InChI is InChI=1S/C28H31N5O/c1-19(2)33-18-26(17-31-33)23-7-8-24-16-30-27(15-25(24)14-23)32-28(34)22-5-3-20(4-6-22)13-21-9-11-29-12-10-21/h3-8,14-19,21,29H,9-13H2,1-2H3,(H,30,32,34). The van der Waals surface area contributed by atoms with E-state index in [0.29, 0.717) is 17.4 Å². The predicted octanol–water partition coefficient (Wildman–Crippen LogP) is 5.47. The summed E-state index contributed by atoms with van der Waals surface area (Å²) < 4.78 is 1.95. The molecule has 6 nitrogen and oxygen atoms in total. The molecule has 0 bridgehead atoms. The van der Waals surface area contributed by atoms with Gasteiger partial charge in [0.05, 0.1) is 6.20 Å². The Kier molecular flexibility index (Phi) is 6.41. The monoisotopic (exact) mass is 453 g/mol. The van der Waals surface area contributed by atoms with Gasteiger partial charge >= 0.3 is 0 Å². The van der Waals surface area contributed by atoms with Crippen molar-refractivity contribution in [2.75, 3.05) is 18.4 Å². The van der Waals surface area contributed by atoms with Crippen molar-refractivity contribution in [3.63, 3.8) is 0 Å². The van der Waals surface area contributed by atoms with Crippen LogP contribution in [0.5, 0.6) is 0 Å². The molecule has 3 heterocycles. The molecule has 4 aromatic rings. The number of anilines is 1. The maximum Gasteiger partial charge on any atom is 0.256 e. The average Bonchev–Trinajstić information content (AvgIpc) is 3.36. The zero-order valence-electron chi connectivity index (χ0n) is 19.8. The first kappa shape index (κ1) is 22.3.